The summed E-state index contributed by atoms with van der Waals surface area (Å²) in [5.41, 5.74) is 3.29. The largest absolute Gasteiger partial charge is 0.353 e. The number of hydrogen-bond donors (Lipinski definition) is 0. The number of rotatable bonds is 4. The van der Waals surface area contributed by atoms with Crippen molar-refractivity contribution in [3.8, 4) is 5.82 Å². The van der Waals surface area contributed by atoms with Crippen LogP contribution in [0.3, 0.4) is 0 Å². The highest BCUT2D eigenvalue weighted by atomic mass is 15.4. The molecule has 0 atom stereocenters. The first-order valence-corrected chi connectivity index (χ1v) is 8.92. The Bertz CT molecular complexity index is 871. The molecule has 1 saturated heterocycles. The first-order chi connectivity index (χ1) is 12.6. The van der Waals surface area contributed by atoms with Crippen LogP contribution < -0.4 is 4.90 Å². The quantitative estimate of drug-likeness (QED) is 0.706. The molecule has 0 amide bonds. The molecule has 0 saturated carbocycles. The van der Waals surface area contributed by atoms with Gasteiger partial charge < -0.3 is 4.90 Å². The molecule has 136 valence electrons. The Morgan fingerprint density at radius 1 is 0.962 bits per heavy atom. The second kappa shape index (κ2) is 6.87. The van der Waals surface area contributed by atoms with Crippen molar-refractivity contribution in [1.29, 1.82) is 0 Å². The SMILES string of the molecule is Cc1cc(C)n(-c2ccc(N3CCN(Cc4ccnn4C)CC3)nn2)n1. The van der Waals surface area contributed by atoms with Crippen molar-refractivity contribution in [2.45, 2.75) is 20.4 Å². The van der Waals surface area contributed by atoms with Crippen molar-refractivity contribution in [1.82, 2.24) is 34.7 Å². The van der Waals surface area contributed by atoms with Crippen molar-refractivity contribution in [3.63, 3.8) is 0 Å². The Morgan fingerprint density at radius 2 is 1.69 bits per heavy atom. The fourth-order valence-corrected chi connectivity index (χ4v) is 3.38. The summed E-state index contributed by atoms with van der Waals surface area (Å²) in [5, 5.41) is 17.5. The minimum Gasteiger partial charge on any atom is -0.353 e. The normalized spacial score (nSPS) is 15.6. The molecule has 3 aromatic rings. The van der Waals surface area contributed by atoms with E-state index in [2.05, 4.69) is 36.3 Å². The van der Waals surface area contributed by atoms with E-state index < -0.39 is 0 Å². The summed E-state index contributed by atoms with van der Waals surface area (Å²) < 4.78 is 3.77. The average molecular weight is 352 g/mol. The van der Waals surface area contributed by atoms with Crippen molar-refractivity contribution < 1.29 is 0 Å². The molecule has 3 aromatic heterocycles. The number of aromatic nitrogens is 6. The van der Waals surface area contributed by atoms with Gasteiger partial charge in [-0.3, -0.25) is 9.58 Å². The summed E-state index contributed by atoms with van der Waals surface area (Å²) in [6.45, 7) is 8.86. The van der Waals surface area contributed by atoms with Gasteiger partial charge >= 0.3 is 0 Å². The zero-order valence-corrected chi connectivity index (χ0v) is 15.5. The van der Waals surface area contributed by atoms with Gasteiger partial charge in [0.2, 0.25) is 0 Å². The molecule has 4 rings (SSSR count). The van der Waals surface area contributed by atoms with Crippen molar-refractivity contribution in [2.75, 3.05) is 31.1 Å². The molecular formula is C18H24N8. The summed E-state index contributed by atoms with van der Waals surface area (Å²) in [4.78, 5) is 4.74. The predicted octanol–water partition coefficient (Wildman–Crippen LogP) is 1.33. The molecule has 0 spiro atoms. The van der Waals surface area contributed by atoms with Gasteiger partial charge in [0.15, 0.2) is 11.6 Å². The lowest BCUT2D eigenvalue weighted by atomic mass is 10.3. The van der Waals surface area contributed by atoms with E-state index in [1.165, 1.54) is 5.69 Å². The highest BCUT2D eigenvalue weighted by molar-refractivity contribution is 5.40. The van der Waals surface area contributed by atoms with Gasteiger partial charge in [-0.2, -0.15) is 10.2 Å². The van der Waals surface area contributed by atoms with E-state index in [1.54, 1.807) is 0 Å². The summed E-state index contributed by atoms with van der Waals surface area (Å²) in [6, 6.07) is 8.14. The van der Waals surface area contributed by atoms with E-state index >= 15 is 0 Å². The van der Waals surface area contributed by atoms with Crippen LogP contribution in [0.1, 0.15) is 17.1 Å². The maximum Gasteiger partial charge on any atom is 0.176 e. The van der Waals surface area contributed by atoms with Crippen LogP contribution in [-0.4, -0.2) is 60.8 Å². The van der Waals surface area contributed by atoms with Crippen LogP contribution in [0.5, 0.6) is 0 Å². The van der Waals surface area contributed by atoms with Crippen LogP contribution >= 0.6 is 0 Å². The molecule has 1 aliphatic heterocycles. The van der Waals surface area contributed by atoms with Gasteiger partial charge in [-0.25, -0.2) is 4.68 Å². The van der Waals surface area contributed by atoms with Gasteiger partial charge in [-0.15, -0.1) is 10.2 Å². The molecule has 0 aliphatic carbocycles. The number of aryl methyl sites for hydroxylation is 3. The number of nitrogens with zero attached hydrogens (tertiary/aromatic N) is 8. The third kappa shape index (κ3) is 3.32. The maximum absolute atomic E-state index is 4.46. The Morgan fingerprint density at radius 3 is 2.27 bits per heavy atom. The lowest BCUT2D eigenvalue weighted by molar-refractivity contribution is 0.243. The first kappa shape index (κ1) is 16.7. The van der Waals surface area contributed by atoms with Crippen molar-refractivity contribution in [2.24, 2.45) is 7.05 Å². The van der Waals surface area contributed by atoms with E-state index in [-0.39, 0.29) is 0 Å². The molecular weight excluding hydrogens is 328 g/mol. The van der Waals surface area contributed by atoms with E-state index in [1.807, 2.05) is 54.7 Å². The molecule has 1 fully saturated rings. The number of anilines is 1. The standard InChI is InChI=1S/C18H24N8/c1-14-12-15(2)26(22-14)18-5-4-17(20-21-18)25-10-8-24(9-11-25)13-16-6-7-19-23(16)3/h4-7,12H,8-11,13H2,1-3H3. The third-order valence-corrected chi connectivity index (χ3v) is 4.87. The third-order valence-electron chi connectivity index (χ3n) is 4.87. The van der Waals surface area contributed by atoms with Crippen LogP contribution in [0.2, 0.25) is 0 Å². The minimum atomic E-state index is 0.759. The molecule has 0 radical (unpaired) electrons. The Balaban J connectivity index is 1.38. The number of hydrogen-bond acceptors (Lipinski definition) is 6. The fraction of sp³-hybridized carbons (Fsp3) is 0.444. The van der Waals surface area contributed by atoms with Gasteiger partial charge in [0, 0.05) is 51.7 Å². The monoisotopic (exact) mass is 352 g/mol. The Kier molecular flexibility index (Phi) is 4.42. The highest BCUT2D eigenvalue weighted by Crippen LogP contribution is 2.16. The molecule has 1 aliphatic rings. The van der Waals surface area contributed by atoms with Crippen LogP contribution in [0.25, 0.3) is 5.82 Å². The zero-order valence-electron chi connectivity index (χ0n) is 15.5. The summed E-state index contributed by atoms with van der Waals surface area (Å²) in [7, 11) is 1.99. The van der Waals surface area contributed by atoms with Gasteiger partial charge in [0.05, 0.1) is 11.4 Å². The molecule has 26 heavy (non-hydrogen) atoms. The van der Waals surface area contributed by atoms with E-state index in [9.17, 15) is 0 Å². The molecule has 4 heterocycles. The Hall–Kier alpha value is -2.74. The van der Waals surface area contributed by atoms with Crippen molar-refractivity contribution >= 4 is 5.82 Å². The smallest absolute Gasteiger partial charge is 0.176 e. The van der Waals surface area contributed by atoms with Gasteiger partial charge in [-0.1, -0.05) is 0 Å². The summed E-state index contributed by atoms with van der Waals surface area (Å²) in [5.74, 6) is 1.68. The Labute approximate surface area is 153 Å². The lowest BCUT2D eigenvalue weighted by Crippen LogP contribution is -2.46. The first-order valence-electron chi connectivity index (χ1n) is 8.92. The van der Waals surface area contributed by atoms with E-state index in [0.29, 0.717) is 0 Å². The number of piperazine rings is 1. The van der Waals surface area contributed by atoms with Crippen LogP contribution in [0.15, 0.2) is 30.5 Å². The molecule has 8 heteroatoms. The maximum atomic E-state index is 4.46. The molecule has 0 aromatic carbocycles. The van der Waals surface area contributed by atoms with E-state index in [4.69, 9.17) is 0 Å². The highest BCUT2D eigenvalue weighted by Gasteiger charge is 2.19. The second-order valence-electron chi connectivity index (χ2n) is 6.80. The van der Waals surface area contributed by atoms with Crippen LogP contribution in [0, 0.1) is 13.8 Å². The lowest BCUT2D eigenvalue weighted by Gasteiger charge is -2.35. The summed E-state index contributed by atoms with van der Waals surface area (Å²) in [6.07, 6.45) is 1.85. The van der Waals surface area contributed by atoms with Gasteiger partial charge in [0.1, 0.15) is 0 Å². The van der Waals surface area contributed by atoms with Crippen molar-refractivity contribution in [3.05, 3.63) is 47.5 Å². The van der Waals surface area contributed by atoms with E-state index in [0.717, 1.165) is 55.7 Å². The minimum absolute atomic E-state index is 0.759. The predicted molar refractivity (Wildman–Crippen MR) is 99.3 cm³/mol. The van der Waals surface area contributed by atoms with Gasteiger partial charge in [-0.05, 0) is 38.1 Å². The van der Waals surface area contributed by atoms with Crippen LogP contribution in [-0.2, 0) is 13.6 Å². The zero-order chi connectivity index (χ0) is 18.1. The average Bonchev–Trinajstić information content (AvgIpc) is 3.20. The summed E-state index contributed by atoms with van der Waals surface area (Å²) >= 11 is 0. The molecule has 8 nitrogen and oxygen atoms in total. The topological polar surface area (TPSA) is 67.9 Å². The second-order valence-corrected chi connectivity index (χ2v) is 6.80. The van der Waals surface area contributed by atoms with Crippen LogP contribution in [0.4, 0.5) is 5.82 Å². The van der Waals surface area contributed by atoms with Gasteiger partial charge in [0.25, 0.3) is 0 Å². The molecule has 0 unspecified atom stereocenters. The molecule has 0 bridgehead atoms. The molecule has 0 N–H and O–H groups in total. The fourth-order valence-electron chi connectivity index (χ4n) is 3.38.